The summed E-state index contributed by atoms with van der Waals surface area (Å²) in [7, 11) is 0. The minimum Gasteiger partial charge on any atom is -0.393 e. The van der Waals surface area contributed by atoms with Gasteiger partial charge in [-0.2, -0.15) is 0 Å². The van der Waals surface area contributed by atoms with Gasteiger partial charge in [0.05, 0.1) is 6.54 Å². The van der Waals surface area contributed by atoms with Gasteiger partial charge in [0.1, 0.15) is 17.3 Å². The molecular formula is C14H15F2N3O2. The van der Waals surface area contributed by atoms with E-state index in [2.05, 4.69) is 0 Å². The predicted molar refractivity (Wildman–Crippen MR) is 75.1 cm³/mol. The van der Waals surface area contributed by atoms with Crippen molar-refractivity contribution >= 4 is 5.69 Å². The maximum atomic E-state index is 13.6. The molecule has 1 heterocycles. The third-order valence-electron chi connectivity index (χ3n) is 3.06. The van der Waals surface area contributed by atoms with Crippen molar-refractivity contribution in [1.82, 2.24) is 9.13 Å². The quantitative estimate of drug-likeness (QED) is 0.925. The summed E-state index contributed by atoms with van der Waals surface area (Å²) < 4.78 is 28.9. The summed E-state index contributed by atoms with van der Waals surface area (Å²) in [4.78, 5) is 24.1. The lowest BCUT2D eigenvalue weighted by molar-refractivity contribution is 0.545. The highest BCUT2D eigenvalue weighted by molar-refractivity contribution is 5.31. The van der Waals surface area contributed by atoms with Crippen LogP contribution < -0.4 is 17.0 Å². The summed E-state index contributed by atoms with van der Waals surface area (Å²) in [5.41, 5.74) is 4.08. The Bertz CT molecular complexity index is 781. The molecule has 0 fully saturated rings. The minimum absolute atomic E-state index is 0.0807. The largest absolute Gasteiger partial charge is 0.393 e. The summed E-state index contributed by atoms with van der Waals surface area (Å²) in [6, 6.07) is 2.87. The van der Waals surface area contributed by atoms with E-state index < -0.39 is 22.9 Å². The topological polar surface area (TPSA) is 70.0 Å². The van der Waals surface area contributed by atoms with Crippen LogP contribution in [0.1, 0.15) is 18.9 Å². The van der Waals surface area contributed by atoms with Gasteiger partial charge in [0.15, 0.2) is 0 Å². The van der Waals surface area contributed by atoms with Gasteiger partial charge in [-0.1, -0.05) is 6.92 Å². The van der Waals surface area contributed by atoms with Gasteiger partial charge in [-0.15, -0.1) is 0 Å². The van der Waals surface area contributed by atoms with Gasteiger partial charge >= 0.3 is 5.69 Å². The molecule has 0 radical (unpaired) electrons. The number of nitrogen functional groups attached to an aromatic ring is 1. The van der Waals surface area contributed by atoms with Crippen molar-refractivity contribution < 1.29 is 8.78 Å². The molecule has 21 heavy (non-hydrogen) atoms. The zero-order valence-electron chi connectivity index (χ0n) is 11.5. The van der Waals surface area contributed by atoms with E-state index in [1.807, 2.05) is 6.92 Å². The average molecular weight is 295 g/mol. The molecule has 0 spiro atoms. The van der Waals surface area contributed by atoms with E-state index in [1.54, 1.807) is 0 Å². The number of nitrogens with zero attached hydrogens (tertiary/aromatic N) is 2. The van der Waals surface area contributed by atoms with Crippen LogP contribution in [0.5, 0.6) is 0 Å². The lowest BCUT2D eigenvalue weighted by Crippen LogP contribution is -2.41. The third kappa shape index (κ3) is 3.01. The van der Waals surface area contributed by atoms with Gasteiger partial charge in [0.25, 0.3) is 5.56 Å². The van der Waals surface area contributed by atoms with Crippen LogP contribution in [0.25, 0.3) is 0 Å². The van der Waals surface area contributed by atoms with Crippen LogP contribution in [0.15, 0.2) is 34.0 Å². The Morgan fingerprint density at radius 2 is 1.95 bits per heavy atom. The third-order valence-corrected chi connectivity index (χ3v) is 3.06. The normalized spacial score (nSPS) is 10.8. The highest BCUT2D eigenvalue weighted by atomic mass is 19.1. The molecule has 5 nitrogen and oxygen atoms in total. The van der Waals surface area contributed by atoms with E-state index in [4.69, 9.17) is 5.73 Å². The molecule has 0 saturated carbocycles. The second-order valence-corrected chi connectivity index (χ2v) is 4.69. The molecule has 1 aromatic carbocycles. The summed E-state index contributed by atoms with van der Waals surface area (Å²) in [6.07, 6.45) is 1.94. The van der Waals surface area contributed by atoms with E-state index in [1.165, 1.54) is 10.8 Å². The van der Waals surface area contributed by atoms with Gasteiger partial charge < -0.3 is 5.73 Å². The average Bonchev–Trinajstić information content (AvgIpc) is 2.44. The van der Waals surface area contributed by atoms with Gasteiger partial charge in [-0.3, -0.25) is 13.9 Å². The van der Waals surface area contributed by atoms with Gasteiger partial charge in [-0.25, -0.2) is 13.6 Å². The van der Waals surface area contributed by atoms with Crippen molar-refractivity contribution in [2.75, 3.05) is 5.73 Å². The monoisotopic (exact) mass is 295 g/mol. The molecule has 0 aliphatic heterocycles. The SMILES string of the molecule is CCCn1cc(N)c(=O)n(Cc2cc(F)ccc2F)c1=O. The van der Waals surface area contributed by atoms with Crippen LogP contribution in [-0.4, -0.2) is 9.13 Å². The fourth-order valence-corrected chi connectivity index (χ4v) is 2.05. The number of aromatic nitrogens is 2. The van der Waals surface area contributed by atoms with E-state index >= 15 is 0 Å². The van der Waals surface area contributed by atoms with E-state index in [0.29, 0.717) is 13.0 Å². The number of benzene rings is 1. The molecule has 0 bridgehead atoms. The molecule has 2 N–H and O–H groups in total. The molecular weight excluding hydrogens is 280 g/mol. The zero-order chi connectivity index (χ0) is 15.6. The van der Waals surface area contributed by atoms with Crippen LogP contribution in [0.4, 0.5) is 14.5 Å². The smallest absolute Gasteiger partial charge is 0.331 e. The Balaban J connectivity index is 2.56. The van der Waals surface area contributed by atoms with Gasteiger partial charge in [0.2, 0.25) is 0 Å². The Morgan fingerprint density at radius 1 is 1.24 bits per heavy atom. The molecule has 0 atom stereocenters. The number of hydrogen-bond acceptors (Lipinski definition) is 3. The second-order valence-electron chi connectivity index (χ2n) is 4.69. The van der Waals surface area contributed by atoms with E-state index in [0.717, 1.165) is 22.8 Å². The standard InChI is InChI=1S/C14H15F2N3O2/c1-2-5-18-8-12(17)13(20)19(14(18)21)7-9-6-10(15)3-4-11(9)16/h3-4,6,8H,2,5,7,17H2,1H3. The van der Waals surface area contributed by atoms with Gasteiger partial charge in [0, 0.05) is 18.3 Å². The Morgan fingerprint density at radius 3 is 2.62 bits per heavy atom. The molecule has 7 heteroatoms. The number of halogens is 2. The van der Waals surface area contributed by atoms with Crippen LogP contribution >= 0.6 is 0 Å². The molecule has 112 valence electrons. The van der Waals surface area contributed by atoms with Crippen molar-refractivity contribution in [1.29, 1.82) is 0 Å². The first kappa shape index (κ1) is 15.0. The zero-order valence-corrected chi connectivity index (χ0v) is 11.5. The molecule has 2 rings (SSSR count). The Hall–Kier alpha value is -2.44. The maximum absolute atomic E-state index is 13.6. The first-order valence-corrected chi connectivity index (χ1v) is 6.47. The summed E-state index contributed by atoms with van der Waals surface area (Å²) >= 11 is 0. The van der Waals surface area contributed by atoms with Crippen LogP contribution in [0.2, 0.25) is 0 Å². The number of anilines is 1. The van der Waals surface area contributed by atoms with Crippen molar-refractivity contribution in [2.45, 2.75) is 26.4 Å². The first-order chi connectivity index (χ1) is 9.93. The number of rotatable bonds is 4. The number of nitrogens with two attached hydrogens (primary N) is 1. The lowest BCUT2D eigenvalue weighted by atomic mass is 10.2. The Kier molecular flexibility index (Phi) is 4.21. The highest BCUT2D eigenvalue weighted by Crippen LogP contribution is 2.10. The molecule has 0 aliphatic rings. The number of hydrogen-bond donors (Lipinski definition) is 1. The van der Waals surface area contributed by atoms with Crippen molar-refractivity contribution in [3.8, 4) is 0 Å². The minimum atomic E-state index is -0.712. The summed E-state index contributed by atoms with van der Waals surface area (Å²) in [5.74, 6) is -1.33. The molecule has 0 unspecified atom stereocenters. The summed E-state index contributed by atoms with van der Waals surface area (Å²) in [6.45, 7) is 1.88. The van der Waals surface area contributed by atoms with Crippen LogP contribution in [-0.2, 0) is 13.1 Å². The van der Waals surface area contributed by atoms with E-state index in [-0.39, 0.29) is 17.8 Å². The van der Waals surface area contributed by atoms with E-state index in [9.17, 15) is 18.4 Å². The molecule has 1 aromatic heterocycles. The maximum Gasteiger partial charge on any atom is 0.331 e. The van der Waals surface area contributed by atoms with Crippen LogP contribution in [0.3, 0.4) is 0 Å². The van der Waals surface area contributed by atoms with Gasteiger partial charge in [-0.05, 0) is 24.6 Å². The van der Waals surface area contributed by atoms with Crippen molar-refractivity contribution in [3.05, 3.63) is 62.4 Å². The summed E-state index contributed by atoms with van der Waals surface area (Å²) in [5, 5.41) is 0. The number of aryl methyl sites for hydroxylation is 1. The first-order valence-electron chi connectivity index (χ1n) is 6.47. The van der Waals surface area contributed by atoms with Crippen molar-refractivity contribution in [2.24, 2.45) is 0 Å². The highest BCUT2D eigenvalue weighted by Gasteiger charge is 2.12. The fraction of sp³-hybridized carbons (Fsp3) is 0.286. The molecule has 0 saturated heterocycles. The fourth-order valence-electron chi connectivity index (χ4n) is 2.05. The Labute approximate surface area is 119 Å². The second kappa shape index (κ2) is 5.90. The molecule has 0 aliphatic carbocycles. The molecule has 2 aromatic rings. The van der Waals surface area contributed by atoms with Crippen molar-refractivity contribution in [3.63, 3.8) is 0 Å². The molecule has 0 amide bonds. The predicted octanol–water partition coefficient (Wildman–Crippen LogP) is 1.33. The lowest BCUT2D eigenvalue weighted by Gasteiger charge is -2.11. The van der Waals surface area contributed by atoms with Crippen LogP contribution in [0, 0.1) is 11.6 Å².